The Morgan fingerprint density at radius 3 is 2.89 bits per heavy atom. The molecule has 2 fully saturated rings. The minimum atomic E-state index is -0.144. The summed E-state index contributed by atoms with van der Waals surface area (Å²) >= 11 is 0. The zero-order valence-corrected chi connectivity index (χ0v) is 11.9. The molecular weight excluding hydrogens is 244 g/mol. The Bertz CT molecular complexity index is 346. The van der Waals surface area contributed by atoms with Crippen LogP contribution in [-0.4, -0.2) is 61.5 Å². The van der Waals surface area contributed by atoms with E-state index in [1.165, 1.54) is 6.42 Å². The number of hydrogen-bond acceptors (Lipinski definition) is 3. The van der Waals surface area contributed by atoms with Crippen molar-refractivity contribution in [2.45, 2.75) is 26.2 Å². The van der Waals surface area contributed by atoms with Crippen LogP contribution in [0.25, 0.3) is 0 Å². The molecule has 0 aromatic rings. The first-order valence-corrected chi connectivity index (χ1v) is 7.17. The van der Waals surface area contributed by atoms with Crippen molar-refractivity contribution in [2.24, 2.45) is 11.8 Å². The van der Waals surface area contributed by atoms with Crippen LogP contribution in [0.1, 0.15) is 26.2 Å². The number of ether oxygens (including phenoxy) is 1. The number of amides is 2. The quantitative estimate of drug-likeness (QED) is 0.755. The number of rotatable bonds is 4. The first-order valence-electron chi connectivity index (χ1n) is 7.17. The van der Waals surface area contributed by atoms with Crippen LogP contribution >= 0.6 is 0 Å². The van der Waals surface area contributed by atoms with Gasteiger partial charge in [-0.3, -0.25) is 9.59 Å². The smallest absolute Gasteiger partial charge is 0.228 e. The molecule has 0 saturated carbocycles. The number of carbonyl (C=O) groups is 2. The average molecular weight is 268 g/mol. The summed E-state index contributed by atoms with van der Waals surface area (Å²) in [6.45, 7) is 5.58. The monoisotopic (exact) mass is 268 g/mol. The minimum absolute atomic E-state index is 0.0838. The van der Waals surface area contributed by atoms with Gasteiger partial charge in [0.25, 0.3) is 0 Å². The standard InChI is InChI=1S/C14H24N2O3/c1-11-4-3-5-16(9-11)14(18)12-8-13(17)15(10-12)6-7-19-2/h11-12H,3-10H2,1-2H3/t11-,12+/m0/s1. The van der Waals surface area contributed by atoms with Gasteiger partial charge in [-0.2, -0.15) is 0 Å². The van der Waals surface area contributed by atoms with Crippen molar-refractivity contribution in [2.75, 3.05) is 39.9 Å². The molecule has 2 aliphatic heterocycles. The largest absolute Gasteiger partial charge is 0.383 e. The average Bonchev–Trinajstić information content (AvgIpc) is 2.77. The second kappa shape index (κ2) is 6.37. The highest BCUT2D eigenvalue weighted by Gasteiger charge is 2.36. The molecule has 0 aromatic heterocycles. The lowest BCUT2D eigenvalue weighted by Gasteiger charge is -2.32. The summed E-state index contributed by atoms with van der Waals surface area (Å²) in [7, 11) is 1.62. The maximum absolute atomic E-state index is 12.4. The zero-order valence-electron chi connectivity index (χ0n) is 11.9. The van der Waals surface area contributed by atoms with Crippen LogP contribution < -0.4 is 0 Å². The Hall–Kier alpha value is -1.10. The highest BCUT2D eigenvalue weighted by molar-refractivity contribution is 5.89. The fourth-order valence-corrected chi connectivity index (χ4v) is 3.00. The Kier molecular flexibility index (Phi) is 4.80. The van der Waals surface area contributed by atoms with E-state index in [0.717, 1.165) is 19.5 Å². The molecule has 5 nitrogen and oxygen atoms in total. The fraction of sp³-hybridized carbons (Fsp3) is 0.857. The molecule has 0 aliphatic carbocycles. The molecule has 0 unspecified atom stereocenters. The molecule has 2 saturated heterocycles. The normalized spacial score (nSPS) is 28.0. The second-order valence-electron chi connectivity index (χ2n) is 5.77. The number of carbonyl (C=O) groups excluding carboxylic acids is 2. The maximum Gasteiger partial charge on any atom is 0.228 e. The third kappa shape index (κ3) is 3.47. The van der Waals surface area contributed by atoms with Crippen LogP contribution in [0.2, 0.25) is 0 Å². The van der Waals surface area contributed by atoms with Crippen LogP contribution in [0.3, 0.4) is 0 Å². The van der Waals surface area contributed by atoms with Crippen molar-refractivity contribution in [1.82, 2.24) is 9.80 Å². The molecule has 0 N–H and O–H groups in total. The Morgan fingerprint density at radius 1 is 1.42 bits per heavy atom. The van der Waals surface area contributed by atoms with E-state index >= 15 is 0 Å². The Balaban J connectivity index is 1.88. The highest BCUT2D eigenvalue weighted by Crippen LogP contribution is 2.23. The highest BCUT2D eigenvalue weighted by atomic mass is 16.5. The van der Waals surface area contributed by atoms with E-state index in [9.17, 15) is 9.59 Å². The van der Waals surface area contributed by atoms with Crippen molar-refractivity contribution in [3.05, 3.63) is 0 Å². The van der Waals surface area contributed by atoms with E-state index in [-0.39, 0.29) is 17.7 Å². The van der Waals surface area contributed by atoms with E-state index in [0.29, 0.717) is 32.0 Å². The lowest BCUT2D eigenvalue weighted by atomic mass is 9.98. The summed E-state index contributed by atoms with van der Waals surface area (Å²) in [6.07, 6.45) is 2.65. The number of hydrogen-bond donors (Lipinski definition) is 0. The van der Waals surface area contributed by atoms with Crippen molar-refractivity contribution in [3.63, 3.8) is 0 Å². The number of methoxy groups -OCH3 is 1. The van der Waals surface area contributed by atoms with E-state index in [4.69, 9.17) is 4.74 Å². The van der Waals surface area contributed by atoms with Crippen LogP contribution in [-0.2, 0) is 14.3 Å². The van der Waals surface area contributed by atoms with Crippen molar-refractivity contribution in [1.29, 1.82) is 0 Å². The molecule has 0 radical (unpaired) electrons. The molecule has 5 heteroatoms. The lowest BCUT2D eigenvalue weighted by Crippen LogP contribution is -2.43. The van der Waals surface area contributed by atoms with Gasteiger partial charge in [0, 0.05) is 39.7 Å². The van der Waals surface area contributed by atoms with Crippen molar-refractivity contribution in [3.8, 4) is 0 Å². The molecule has 2 rings (SSSR count). The molecule has 19 heavy (non-hydrogen) atoms. The summed E-state index contributed by atoms with van der Waals surface area (Å²) in [5, 5.41) is 0. The molecule has 0 bridgehead atoms. The molecule has 2 heterocycles. The van der Waals surface area contributed by atoms with Gasteiger partial charge in [-0.1, -0.05) is 6.92 Å². The topological polar surface area (TPSA) is 49.9 Å². The van der Waals surface area contributed by atoms with Gasteiger partial charge in [0.15, 0.2) is 0 Å². The molecule has 108 valence electrons. The molecule has 2 atom stereocenters. The van der Waals surface area contributed by atoms with E-state index in [1.54, 1.807) is 12.0 Å². The number of piperidine rings is 1. The van der Waals surface area contributed by atoms with Gasteiger partial charge in [-0.25, -0.2) is 0 Å². The van der Waals surface area contributed by atoms with Gasteiger partial charge in [0.05, 0.1) is 12.5 Å². The van der Waals surface area contributed by atoms with Gasteiger partial charge < -0.3 is 14.5 Å². The Labute approximate surface area is 114 Å². The first-order chi connectivity index (χ1) is 9.11. The van der Waals surface area contributed by atoms with Gasteiger partial charge in [0.1, 0.15) is 0 Å². The maximum atomic E-state index is 12.4. The summed E-state index contributed by atoms with van der Waals surface area (Å²) < 4.78 is 4.99. The van der Waals surface area contributed by atoms with E-state index in [2.05, 4.69) is 6.92 Å². The van der Waals surface area contributed by atoms with Gasteiger partial charge in [-0.15, -0.1) is 0 Å². The molecular formula is C14H24N2O3. The summed E-state index contributed by atoms with van der Waals surface area (Å²) in [6, 6.07) is 0. The first kappa shape index (κ1) is 14.3. The van der Waals surface area contributed by atoms with Crippen LogP contribution in [0.4, 0.5) is 0 Å². The lowest BCUT2D eigenvalue weighted by molar-refractivity contribution is -0.137. The predicted octanol–water partition coefficient (Wildman–Crippen LogP) is 0.740. The number of likely N-dealkylation sites (tertiary alicyclic amines) is 2. The Morgan fingerprint density at radius 2 is 2.21 bits per heavy atom. The minimum Gasteiger partial charge on any atom is -0.383 e. The zero-order chi connectivity index (χ0) is 13.8. The molecule has 0 aromatic carbocycles. The van der Waals surface area contributed by atoms with Crippen LogP contribution in [0.5, 0.6) is 0 Å². The van der Waals surface area contributed by atoms with Crippen molar-refractivity contribution < 1.29 is 14.3 Å². The van der Waals surface area contributed by atoms with Gasteiger partial charge in [-0.05, 0) is 18.8 Å². The van der Waals surface area contributed by atoms with Gasteiger partial charge in [0.2, 0.25) is 11.8 Å². The summed E-state index contributed by atoms with van der Waals surface area (Å²) in [5.41, 5.74) is 0. The second-order valence-corrected chi connectivity index (χ2v) is 5.77. The van der Waals surface area contributed by atoms with Gasteiger partial charge >= 0.3 is 0 Å². The number of nitrogens with zero attached hydrogens (tertiary/aromatic N) is 2. The van der Waals surface area contributed by atoms with E-state index < -0.39 is 0 Å². The SMILES string of the molecule is COCCN1C[C@H](C(=O)N2CCC[C@H](C)C2)CC1=O. The summed E-state index contributed by atoms with van der Waals surface area (Å²) in [4.78, 5) is 28.0. The summed E-state index contributed by atoms with van der Waals surface area (Å²) in [5.74, 6) is 0.689. The fourth-order valence-electron chi connectivity index (χ4n) is 3.00. The molecule has 0 spiro atoms. The van der Waals surface area contributed by atoms with Crippen LogP contribution in [0.15, 0.2) is 0 Å². The van der Waals surface area contributed by atoms with E-state index in [1.807, 2.05) is 4.90 Å². The van der Waals surface area contributed by atoms with Crippen LogP contribution in [0, 0.1) is 11.8 Å². The third-order valence-electron chi connectivity index (χ3n) is 4.10. The third-order valence-corrected chi connectivity index (χ3v) is 4.10. The molecule has 2 aliphatic rings. The van der Waals surface area contributed by atoms with Crippen molar-refractivity contribution >= 4 is 11.8 Å². The molecule has 2 amide bonds. The predicted molar refractivity (Wildman–Crippen MR) is 71.5 cm³/mol.